The van der Waals surface area contributed by atoms with Gasteiger partial charge in [-0.05, 0) is 39.5 Å². The highest BCUT2D eigenvalue weighted by atomic mass is 16.6. The number of likely N-dealkylation sites (tertiary alicyclic amines) is 1. The molecular weight excluding hydrogens is 274 g/mol. The normalized spacial score (nSPS) is 18.3. The Morgan fingerprint density at radius 1 is 1.43 bits per heavy atom. The Labute approximate surface area is 125 Å². The Balaban J connectivity index is 0.000000885. The van der Waals surface area contributed by atoms with Gasteiger partial charge in [-0.1, -0.05) is 0 Å². The molecule has 0 bridgehead atoms. The van der Waals surface area contributed by atoms with Gasteiger partial charge < -0.3 is 20.5 Å². The maximum atomic E-state index is 11.9. The van der Waals surface area contributed by atoms with Gasteiger partial charge in [0.1, 0.15) is 5.60 Å². The maximum absolute atomic E-state index is 11.9. The molecule has 0 aromatic heterocycles. The molecule has 7 nitrogen and oxygen atoms in total. The van der Waals surface area contributed by atoms with Crippen LogP contribution in [0.15, 0.2) is 0 Å². The number of hydrogen-bond donors (Lipinski definition) is 3. The molecule has 0 radical (unpaired) electrons. The predicted molar refractivity (Wildman–Crippen MR) is 80.4 cm³/mol. The molecule has 4 N–H and O–H groups in total. The first-order valence-electron chi connectivity index (χ1n) is 7.01. The molecule has 0 spiro atoms. The van der Waals surface area contributed by atoms with E-state index in [0.717, 1.165) is 26.3 Å². The van der Waals surface area contributed by atoms with Crippen molar-refractivity contribution >= 4 is 17.9 Å². The summed E-state index contributed by atoms with van der Waals surface area (Å²) >= 11 is 0. The van der Waals surface area contributed by atoms with E-state index in [4.69, 9.17) is 25.8 Å². The van der Waals surface area contributed by atoms with Gasteiger partial charge in [-0.25, -0.2) is 4.79 Å². The third kappa shape index (κ3) is 10.6. The Bertz CT molecular complexity index is 373. The number of nitrogens with one attached hydrogen (secondary N) is 1. The highest BCUT2D eigenvalue weighted by Gasteiger charge is 2.27. The minimum atomic E-state index is -0.833. The Morgan fingerprint density at radius 2 is 1.95 bits per heavy atom. The van der Waals surface area contributed by atoms with E-state index in [1.807, 2.05) is 20.8 Å². The van der Waals surface area contributed by atoms with E-state index >= 15 is 0 Å². The fourth-order valence-electron chi connectivity index (χ4n) is 2.03. The molecule has 1 rings (SSSR count). The summed E-state index contributed by atoms with van der Waals surface area (Å²) in [6, 6.07) is 0. The van der Waals surface area contributed by atoms with Crippen LogP contribution in [0.2, 0.25) is 0 Å². The number of carbonyl (C=O) groups excluding carboxylic acids is 1. The second-order valence-electron chi connectivity index (χ2n) is 6.18. The molecule has 1 aliphatic rings. The smallest absolute Gasteiger partial charge is 0.410 e. The van der Waals surface area contributed by atoms with Crippen LogP contribution in [0.3, 0.4) is 0 Å². The molecule has 1 heterocycles. The van der Waals surface area contributed by atoms with Crippen molar-refractivity contribution in [3.63, 3.8) is 0 Å². The summed E-state index contributed by atoms with van der Waals surface area (Å²) in [5, 5.41) is 14.7. The number of nitrogens with zero attached hydrogens (tertiary/aromatic N) is 1. The van der Waals surface area contributed by atoms with Crippen LogP contribution in [0.5, 0.6) is 0 Å². The van der Waals surface area contributed by atoms with E-state index in [1.165, 1.54) is 0 Å². The average molecular weight is 301 g/mol. The number of ether oxygens (including phenoxy) is 1. The van der Waals surface area contributed by atoms with E-state index in [0.29, 0.717) is 18.9 Å². The summed E-state index contributed by atoms with van der Waals surface area (Å²) in [4.78, 5) is 22.6. The van der Waals surface area contributed by atoms with Gasteiger partial charge in [-0.2, -0.15) is 0 Å². The highest BCUT2D eigenvalue weighted by molar-refractivity contribution is 5.77. The fourth-order valence-corrected chi connectivity index (χ4v) is 2.03. The SMILES string of the molecule is CC(=O)O.CC(C)(C)OC(=O)N1CCCC(CC(=N)N)C1. The van der Waals surface area contributed by atoms with Crippen LogP contribution in [0, 0.1) is 11.3 Å². The zero-order valence-corrected chi connectivity index (χ0v) is 13.3. The van der Waals surface area contributed by atoms with E-state index in [9.17, 15) is 4.79 Å². The van der Waals surface area contributed by atoms with Gasteiger partial charge in [0.05, 0.1) is 5.84 Å². The van der Waals surface area contributed by atoms with Crippen molar-refractivity contribution in [2.45, 2.75) is 52.6 Å². The molecule has 1 atom stereocenters. The van der Waals surface area contributed by atoms with Gasteiger partial charge in [0.25, 0.3) is 5.97 Å². The number of carbonyl (C=O) groups is 2. The van der Waals surface area contributed by atoms with Gasteiger partial charge in [-0.15, -0.1) is 0 Å². The van der Waals surface area contributed by atoms with Gasteiger partial charge in [0.2, 0.25) is 0 Å². The minimum Gasteiger partial charge on any atom is -0.481 e. The largest absolute Gasteiger partial charge is 0.481 e. The van der Waals surface area contributed by atoms with Crippen LogP contribution in [-0.4, -0.2) is 46.6 Å². The lowest BCUT2D eigenvalue weighted by molar-refractivity contribution is -0.134. The van der Waals surface area contributed by atoms with Crippen LogP contribution >= 0.6 is 0 Å². The summed E-state index contributed by atoms with van der Waals surface area (Å²) in [5.74, 6) is -0.338. The Hall–Kier alpha value is -1.79. The van der Waals surface area contributed by atoms with Crippen molar-refractivity contribution < 1.29 is 19.4 Å². The molecule has 0 saturated carbocycles. The average Bonchev–Trinajstić information content (AvgIpc) is 2.25. The third-order valence-electron chi connectivity index (χ3n) is 2.68. The zero-order chi connectivity index (χ0) is 16.6. The molecule has 1 fully saturated rings. The number of amidine groups is 1. The highest BCUT2D eigenvalue weighted by Crippen LogP contribution is 2.21. The topological polar surface area (TPSA) is 117 Å². The lowest BCUT2D eigenvalue weighted by Crippen LogP contribution is -2.43. The minimum absolute atomic E-state index is 0.195. The molecule has 1 amide bonds. The fraction of sp³-hybridized carbons (Fsp3) is 0.786. The standard InChI is InChI=1S/C12H23N3O2.C2H4O2/c1-12(2,3)17-11(16)15-6-4-5-9(8-15)7-10(13)14;1-2(3)4/h9H,4-8H2,1-3H3,(H3,13,14);1H3,(H,3,4). The number of piperidine rings is 1. The van der Waals surface area contributed by atoms with Gasteiger partial charge in [-0.3, -0.25) is 10.2 Å². The van der Waals surface area contributed by atoms with Crippen LogP contribution in [0.25, 0.3) is 0 Å². The van der Waals surface area contributed by atoms with E-state index in [-0.39, 0.29) is 11.9 Å². The van der Waals surface area contributed by atoms with Crippen molar-refractivity contribution in [2.75, 3.05) is 13.1 Å². The van der Waals surface area contributed by atoms with E-state index in [1.54, 1.807) is 4.90 Å². The van der Waals surface area contributed by atoms with Gasteiger partial charge in [0, 0.05) is 26.4 Å². The quantitative estimate of drug-likeness (QED) is 0.533. The van der Waals surface area contributed by atoms with E-state index in [2.05, 4.69) is 0 Å². The third-order valence-corrected chi connectivity index (χ3v) is 2.68. The number of carboxylic acids is 1. The Morgan fingerprint density at radius 3 is 2.38 bits per heavy atom. The van der Waals surface area contributed by atoms with Crippen molar-refractivity contribution in [3.8, 4) is 0 Å². The summed E-state index contributed by atoms with van der Waals surface area (Å²) < 4.78 is 5.33. The van der Waals surface area contributed by atoms with Gasteiger partial charge in [0.15, 0.2) is 0 Å². The summed E-state index contributed by atoms with van der Waals surface area (Å²) in [6.07, 6.45) is 2.29. The lowest BCUT2D eigenvalue weighted by atomic mass is 9.95. The second kappa shape index (κ2) is 8.49. The van der Waals surface area contributed by atoms with Crippen molar-refractivity contribution in [1.82, 2.24) is 4.90 Å². The summed E-state index contributed by atoms with van der Waals surface area (Å²) in [7, 11) is 0. The molecule has 21 heavy (non-hydrogen) atoms. The van der Waals surface area contributed by atoms with Crippen LogP contribution in [0.1, 0.15) is 47.0 Å². The molecule has 7 heteroatoms. The lowest BCUT2D eigenvalue weighted by Gasteiger charge is -2.34. The summed E-state index contributed by atoms with van der Waals surface area (Å²) in [5.41, 5.74) is 4.94. The zero-order valence-electron chi connectivity index (χ0n) is 13.3. The monoisotopic (exact) mass is 301 g/mol. The molecule has 1 saturated heterocycles. The molecule has 122 valence electrons. The molecule has 1 unspecified atom stereocenters. The number of amides is 1. The number of nitrogens with two attached hydrogens (primary N) is 1. The predicted octanol–water partition coefficient (Wildman–Crippen LogP) is 2.05. The maximum Gasteiger partial charge on any atom is 0.410 e. The Kier molecular flexibility index (Phi) is 7.76. The van der Waals surface area contributed by atoms with Crippen LogP contribution in [-0.2, 0) is 9.53 Å². The van der Waals surface area contributed by atoms with Crippen molar-refractivity contribution in [2.24, 2.45) is 11.7 Å². The number of hydrogen-bond acceptors (Lipinski definition) is 4. The van der Waals surface area contributed by atoms with Crippen molar-refractivity contribution in [3.05, 3.63) is 0 Å². The number of rotatable bonds is 2. The number of carboxylic acid groups (broad SMARTS) is 1. The second-order valence-corrected chi connectivity index (χ2v) is 6.18. The van der Waals surface area contributed by atoms with Crippen LogP contribution in [0.4, 0.5) is 4.79 Å². The first-order chi connectivity index (χ1) is 9.51. The molecular formula is C14H27N3O4. The van der Waals surface area contributed by atoms with Crippen molar-refractivity contribution in [1.29, 1.82) is 5.41 Å². The van der Waals surface area contributed by atoms with Gasteiger partial charge >= 0.3 is 6.09 Å². The molecule has 1 aliphatic heterocycles. The summed E-state index contributed by atoms with van der Waals surface area (Å²) in [6.45, 7) is 8.06. The van der Waals surface area contributed by atoms with E-state index < -0.39 is 11.6 Å². The number of aliphatic carboxylic acids is 1. The first-order valence-corrected chi connectivity index (χ1v) is 7.01. The molecule has 0 aromatic rings. The molecule has 0 aromatic carbocycles. The van der Waals surface area contributed by atoms with Crippen LogP contribution < -0.4 is 5.73 Å². The first kappa shape index (κ1) is 19.2. The molecule has 0 aliphatic carbocycles.